The zero-order valence-corrected chi connectivity index (χ0v) is 16.3. The Labute approximate surface area is 161 Å². The maximum absolute atomic E-state index is 5.35. The lowest BCUT2D eigenvalue weighted by molar-refractivity contribution is 0.210. The number of nitrogens with zero attached hydrogens (tertiary/aromatic N) is 2. The Morgan fingerprint density at radius 3 is 2.44 bits per heavy atom. The summed E-state index contributed by atoms with van der Waals surface area (Å²) >= 11 is 1.64. The lowest BCUT2D eigenvalue weighted by Gasteiger charge is -2.09. The summed E-state index contributed by atoms with van der Waals surface area (Å²) in [7, 11) is 5.05. The zero-order chi connectivity index (χ0) is 18.8. The molecule has 27 heavy (non-hydrogen) atoms. The van der Waals surface area contributed by atoms with E-state index in [0.29, 0.717) is 13.2 Å². The van der Waals surface area contributed by atoms with Gasteiger partial charge in [-0.3, -0.25) is 4.40 Å². The van der Waals surface area contributed by atoms with Crippen molar-refractivity contribution in [1.82, 2.24) is 9.38 Å². The largest absolute Gasteiger partial charge is 0.497 e. The van der Waals surface area contributed by atoms with Gasteiger partial charge in [-0.25, -0.2) is 4.98 Å². The highest BCUT2D eigenvalue weighted by Gasteiger charge is 2.18. The van der Waals surface area contributed by atoms with Crippen molar-refractivity contribution in [2.75, 3.05) is 39.8 Å². The van der Waals surface area contributed by atoms with Crippen LogP contribution in [0.5, 0.6) is 11.5 Å². The van der Waals surface area contributed by atoms with E-state index in [2.05, 4.69) is 15.8 Å². The molecule has 0 aliphatic heterocycles. The highest BCUT2D eigenvalue weighted by molar-refractivity contribution is 7.23. The number of anilines is 1. The number of benzene rings is 2. The van der Waals surface area contributed by atoms with Gasteiger partial charge in [0, 0.05) is 19.2 Å². The Morgan fingerprint density at radius 1 is 1.00 bits per heavy atom. The normalized spacial score (nSPS) is 11.2. The third-order valence-electron chi connectivity index (χ3n) is 4.42. The fraction of sp³-hybridized carbons (Fsp3) is 0.250. The quantitative estimate of drug-likeness (QED) is 0.483. The van der Waals surface area contributed by atoms with Crippen LogP contribution in [0, 0.1) is 0 Å². The summed E-state index contributed by atoms with van der Waals surface area (Å²) in [5.74, 6) is 2.63. The van der Waals surface area contributed by atoms with Crippen LogP contribution in [0.25, 0.3) is 26.4 Å². The summed E-state index contributed by atoms with van der Waals surface area (Å²) in [6.07, 6.45) is 0. The summed E-state index contributed by atoms with van der Waals surface area (Å²) in [5.41, 5.74) is 3.05. The fourth-order valence-electron chi connectivity index (χ4n) is 3.06. The molecule has 0 aliphatic rings. The molecule has 140 valence electrons. The van der Waals surface area contributed by atoms with Gasteiger partial charge in [-0.2, -0.15) is 0 Å². The van der Waals surface area contributed by atoms with Gasteiger partial charge in [0.2, 0.25) is 0 Å². The topological polar surface area (TPSA) is 57.0 Å². The first-order chi connectivity index (χ1) is 13.2. The van der Waals surface area contributed by atoms with Gasteiger partial charge >= 0.3 is 0 Å². The summed E-state index contributed by atoms with van der Waals surface area (Å²) < 4.78 is 19.1. The molecule has 4 rings (SSSR count). The number of aromatic nitrogens is 2. The number of methoxy groups -OCH3 is 3. The first-order valence-corrected chi connectivity index (χ1v) is 9.43. The number of hydrogen-bond donors (Lipinski definition) is 1. The Morgan fingerprint density at radius 2 is 1.74 bits per heavy atom. The van der Waals surface area contributed by atoms with E-state index in [0.717, 1.165) is 43.8 Å². The second-order valence-corrected chi connectivity index (χ2v) is 7.02. The molecule has 0 fully saturated rings. The van der Waals surface area contributed by atoms with E-state index in [1.54, 1.807) is 32.7 Å². The summed E-state index contributed by atoms with van der Waals surface area (Å²) in [4.78, 5) is 5.84. The first-order valence-electron chi connectivity index (χ1n) is 8.61. The van der Waals surface area contributed by atoms with Crippen LogP contribution in [0.4, 0.5) is 5.82 Å². The Kier molecular flexibility index (Phi) is 4.87. The van der Waals surface area contributed by atoms with Crippen LogP contribution in [0.2, 0.25) is 0 Å². The standard InChI is InChI=1S/C20H21N3O3S/c1-24-11-10-21-19-18(13-4-6-14(25-2)7-5-13)22-20-23(19)16-9-8-15(26-3)12-17(16)27-20/h4-9,12,21H,10-11H2,1-3H3. The molecule has 0 amide bonds. The Hall–Kier alpha value is -2.77. The highest BCUT2D eigenvalue weighted by Crippen LogP contribution is 2.37. The van der Waals surface area contributed by atoms with Crippen LogP contribution in [0.3, 0.4) is 0 Å². The smallest absolute Gasteiger partial charge is 0.197 e. The molecule has 0 atom stereocenters. The number of ether oxygens (including phenoxy) is 3. The van der Waals surface area contributed by atoms with Crippen molar-refractivity contribution in [3.05, 3.63) is 42.5 Å². The number of hydrogen-bond acceptors (Lipinski definition) is 6. The third-order valence-corrected chi connectivity index (χ3v) is 5.42. The predicted octanol–water partition coefficient (Wildman–Crippen LogP) is 4.29. The van der Waals surface area contributed by atoms with E-state index in [9.17, 15) is 0 Å². The Balaban J connectivity index is 1.87. The second-order valence-electron chi connectivity index (χ2n) is 6.01. The molecule has 7 heteroatoms. The molecule has 0 saturated heterocycles. The molecule has 0 saturated carbocycles. The maximum Gasteiger partial charge on any atom is 0.197 e. The van der Waals surface area contributed by atoms with Gasteiger partial charge in [0.15, 0.2) is 4.96 Å². The SMILES string of the molecule is COCCNc1c(-c2ccc(OC)cc2)nc2sc3cc(OC)ccc3n12. The van der Waals surface area contributed by atoms with E-state index < -0.39 is 0 Å². The first kappa shape index (κ1) is 17.6. The molecule has 2 aromatic carbocycles. The van der Waals surface area contributed by atoms with Crippen LogP contribution in [0.15, 0.2) is 42.5 Å². The molecule has 2 heterocycles. The summed E-state index contributed by atoms with van der Waals surface area (Å²) in [5, 5.41) is 3.49. The van der Waals surface area contributed by atoms with Crippen LogP contribution in [-0.2, 0) is 4.74 Å². The number of thiazole rings is 1. The van der Waals surface area contributed by atoms with Gasteiger partial charge in [-0.15, -0.1) is 0 Å². The van der Waals surface area contributed by atoms with E-state index >= 15 is 0 Å². The molecule has 2 aromatic heterocycles. The predicted molar refractivity (Wildman–Crippen MR) is 109 cm³/mol. The minimum atomic E-state index is 0.616. The number of rotatable bonds is 7. The van der Waals surface area contributed by atoms with E-state index in [1.807, 2.05) is 36.4 Å². The van der Waals surface area contributed by atoms with Gasteiger partial charge in [0.05, 0.1) is 31.0 Å². The molecular weight excluding hydrogens is 362 g/mol. The van der Waals surface area contributed by atoms with Crippen molar-refractivity contribution in [2.45, 2.75) is 0 Å². The molecule has 0 unspecified atom stereocenters. The van der Waals surface area contributed by atoms with Crippen molar-refractivity contribution in [2.24, 2.45) is 0 Å². The van der Waals surface area contributed by atoms with E-state index in [4.69, 9.17) is 19.2 Å². The van der Waals surface area contributed by atoms with E-state index in [-0.39, 0.29) is 0 Å². The van der Waals surface area contributed by atoms with Gasteiger partial charge in [-0.05, 0) is 42.5 Å². The van der Waals surface area contributed by atoms with Crippen molar-refractivity contribution in [1.29, 1.82) is 0 Å². The lowest BCUT2D eigenvalue weighted by atomic mass is 10.1. The molecule has 6 nitrogen and oxygen atoms in total. The van der Waals surface area contributed by atoms with Crippen molar-refractivity contribution in [3.8, 4) is 22.8 Å². The maximum atomic E-state index is 5.35. The monoisotopic (exact) mass is 383 g/mol. The zero-order valence-electron chi connectivity index (χ0n) is 15.5. The van der Waals surface area contributed by atoms with Gasteiger partial charge in [-0.1, -0.05) is 11.3 Å². The minimum absolute atomic E-state index is 0.616. The van der Waals surface area contributed by atoms with Crippen molar-refractivity contribution >= 4 is 32.3 Å². The fourth-order valence-corrected chi connectivity index (χ4v) is 4.12. The van der Waals surface area contributed by atoms with Gasteiger partial charge < -0.3 is 19.5 Å². The molecule has 0 bridgehead atoms. The summed E-state index contributed by atoms with van der Waals surface area (Å²) in [6.45, 7) is 1.31. The van der Waals surface area contributed by atoms with Crippen LogP contribution < -0.4 is 14.8 Å². The van der Waals surface area contributed by atoms with Crippen LogP contribution >= 0.6 is 11.3 Å². The van der Waals surface area contributed by atoms with Crippen LogP contribution in [-0.4, -0.2) is 43.9 Å². The highest BCUT2D eigenvalue weighted by atomic mass is 32.1. The average molecular weight is 383 g/mol. The molecule has 0 spiro atoms. The average Bonchev–Trinajstić information content (AvgIpc) is 3.24. The molecule has 0 aliphatic carbocycles. The molecule has 0 radical (unpaired) electrons. The van der Waals surface area contributed by atoms with Gasteiger partial charge in [0.1, 0.15) is 23.0 Å². The summed E-state index contributed by atoms with van der Waals surface area (Å²) in [6, 6.07) is 14.0. The number of nitrogens with one attached hydrogen (secondary N) is 1. The Bertz CT molecular complexity index is 1070. The molecule has 4 aromatic rings. The molecule has 1 N–H and O–H groups in total. The number of imidazole rings is 1. The molecular formula is C20H21N3O3S. The van der Waals surface area contributed by atoms with Crippen molar-refractivity contribution in [3.63, 3.8) is 0 Å². The van der Waals surface area contributed by atoms with Gasteiger partial charge in [0.25, 0.3) is 0 Å². The number of fused-ring (bicyclic) bond motifs is 3. The van der Waals surface area contributed by atoms with Crippen molar-refractivity contribution < 1.29 is 14.2 Å². The minimum Gasteiger partial charge on any atom is -0.497 e. The van der Waals surface area contributed by atoms with Crippen LogP contribution in [0.1, 0.15) is 0 Å². The second kappa shape index (κ2) is 7.46. The van der Waals surface area contributed by atoms with E-state index in [1.165, 1.54) is 0 Å². The third kappa shape index (κ3) is 3.20. The lowest BCUT2D eigenvalue weighted by Crippen LogP contribution is -2.10.